The minimum Gasteiger partial charge on any atom is -0.379 e. The van der Waals surface area contributed by atoms with Gasteiger partial charge in [-0.25, -0.2) is 0 Å². The molecule has 5 heteroatoms. The van der Waals surface area contributed by atoms with Gasteiger partial charge in [-0.05, 0) is 92.9 Å². The van der Waals surface area contributed by atoms with E-state index >= 15 is 0 Å². The van der Waals surface area contributed by atoms with Crippen molar-refractivity contribution in [2.24, 2.45) is 0 Å². The first-order valence-electron chi connectivity index (χ1n) is 11.9. The smallest absolute Gasteiger partial charge is 0.0615 e. The predicted molar refractivity (Wildman–Crippen MR) is 118 cm³/mol. The normalized spacial score (nSPS) is 23.1. The van der Waals surface area contributed by atoms with Crippen molar-refractivity contribution < 1.29 is 19.4 Å². The van der Waals surface area contributed by atoms with Crippen LogP contribution in [0.5, 0.6) is 0 Å². The predicted octanol–water partition coefficient (Wildman–Crippen LogP) is 5.93. The number of ether oxygens (including phenoxy) is 3. The van der Waals surface area contributed by atoms with Gasteiger partial charge in [-0.2, -0.15) is 0 Å². The molecule has 0 spiro atoms. The van der Waals surface area contributed by atoms with Gasteiger partial charge in [0.25, 0.3) is 0 Å². The summed E-state index contributed by atoms with van der Waals surface area (Å²) in [5.41, 5.74) is -0.767. The molecule has 173 valence electrons. The summed E-state index contributed by atoms with van der Waals surface area (Å²) in [6.07, 6.45) is 8.73. The van der Waals surface area contributed by atoms with E-state index in [0.29, 0.717) is 6.10 Å². The highest BCUT2D eigenvalue weighted by Crippen LogP contribution is 2.39. The fourth-order valence-electron chi connectivity index (χ4n) is 4.36. The minimum atomic E-state index is -0.383. The molecule has 0 saturated carbocycles. The van der Waals surface area contributed by atoms with E-state index in [0.717, 1.165) is 64.6 Å². The van der Waals surface area contributed by atoms with Crippen LogP contribution >= 0.6 is 0 Å². The zero-order chi connectivity index (χ0) is 22.1. The molecule has 5 nitrogen and oxygen atoms in total. The van der Waals surface area contributed by atoms with E-state index in [2.05, 4.69) is 27.7 Å². The molecule has 1 aliphatic rings. The Labute approximate surface area is 180 Å². The van der Waals surface area contributed by atoms with Crippen LogP contribution in [-0.2, 0) is 19.4 Å². The van der Waals surface area contributed by atoms with E-state index in [-0.39, 0.29) is 29.4 Å². The highest BCUT2D eigenvalue weighted by Gasteiger charge is 2.47. The molecule has 1 aliphatic heterocycles. The molecule has 0 aromatic heterocycles. The number of unbranched alkanes of at least 4 members (excludes halogenated alkanes) is 2. The Bertz CT molecular complexity index is 423. The molecule has 0 amide bonds. The summed E-state index contributed by atoms with van der Waals surface area (Å²) in [4.78, 5) is 0. The number of hydrogen-bond donors (Lipinski definition) is 0. The van der Waals surface area contributed by atoms with E-state index in [9.17, 15) is 5.21 Å². The standard InChI is InChI=1S/C24H48NO4/c1-9-19(3)27-14-12-11-13-15-28-20(4)16-21(10-2)29-22-17-23(5,6)25(26)24(7,8)18-22/h19-22H,9-18H2,1-8H3. The van der Waals surface area contributed by atoms with Gasteiger partial charge in [0.2, 0.25) is 0 Å². The van der Waals surface area contributed by atoms with E-state index in [1.165, 1.54) is 5.06 Å². The summed E-state index contributed by atoms with van der Waals surface area (Å²) in [5, 5.41) is 13.8. The molecule has 3 atom stereocenters. The Morgan fingerprint density at radius 1 is 0.862 bits per heavy atom. The molecular weight excluding hydrogens is 366 g/mol. The fourth-order valence-corrected chi connectivity index (χ4v) is 4.36. The van der Waals surface area contributed by atoms with Crippen LogP contribution in [0.4, 0.5) is 0 Å². The monoisotopic (exact) mass is 414 g/mol. The van der Waals surface area contributed by atoms with Crippen LogP contribution < -0.4 is 0 Å². The summed E-state index contributed by atoms with van der Waals surface area (Å²) in [7, 11) is 0. The van der Waals surface area contributed by atoms with Crippen LogP contribution in [0.3, 0.4) is 0 Å². The summed E-state index contributed by atoms with van der Waals surface area (Å²) in [6.45, 7) is 18.4. The third-order valence-corrected chi connectivity index (χ3v) is 6.16. The van der Waals surface area contributed by atoms with Gasteiger partial charge >= 0.3 is 0 Å². The van der Waals surface area contributed by atoms with Crippen molar-refractivity contribution in [3.63, 3.8) is 0 Å². The molecule has 0 N–H and O–H groups in total. The van der Waals surface area contributed by atoms with Gasteiger partial charge in [-0.1, -0.05) is 13.8 Å². The molecule has 1 fully saturated rings. The number of hydroxylamine groups is 2. The van der Waals surface area contributed by atoms with Crippen molar-refractivity contribution in [1.82, 2.24) is 5.06 Å². The Balaban J connectivity index is 2.29. The molecule has 0 aliphatic carbocycles. The van der Waals surface area contributed by atoms with Crippen LogP contribution in [0, 0.1) is 0 Å². The van der Waals surface area contributed by atoms with Crippen molar-refractivity contribution in [3.8, 4) is 0 Å². The summed E-state index contributed by atoms with van der Waals surface area (Å²) < 4.78 is 18.2. The molecule has 1 saturated heterocycles. The van der Waals surface area contributed by atoms with Gasteiger partial charge in [0, 0.05) is 24.3 Å². The lowest BCUT2D eigenvalue weighted by Crippen LogP contribution is -2.60. The summed E-state index contributed by atoms with van der Waals surface area (Å²) in [6, 6.07) is 0. The number of hydrogen-bond acceptors (Lipinski definition) is 4. The second-order valence-electron chi connectivity index (χ2n) is 10.2. The number of rotatable bonds is 14. The van der Waals surface area contributed by atoms with Crippen molar-refractivity contribution >= 4 is 0 Å². The Kier molecular flexibility index (Phi) is 11.7. The molecule has 0 aromatic rings. The van der Waals surface area contributed by atoms with E-state index in [4.69, 9.17) is 14.2 Å². The lowest BCUT2D eigenvalue weighted by atomic mass is 9.80. The summed E-state index contributed by atoms with van der Waals surface area (Å²) in [5.74, 6) is 0. The van der Waals surface area contributed by atoms with E-state index < -0.39 is 0 Å². The molecule has 1 radical (unpaired) electrons. The molecule has 3 unspecified atom stereocenters. The van der Waals surface area contributed by atoms with Crippen LogP contribution in [0.2, 0.25) is 0 Å². The first-order valence-corrected chi connectivity index (χ1v) is 11.9. The molecule has 29 heavy (non-hydrogen) atoms. The first kappa shape index (κ1) is 26.8. The molecule has 1 heterocycles. The molecule has 1 rings (SSSR count). The van der Waals surface area contributed by atoms with Gasteiger partial charge in [0.15, 0.2) is 0 Å². The lowest BCUT2D eigenvalue weighted by Gasteiger charge is -2.50. The van der Waals surface area contributed by atoms with Crippen LogP contribution in [0.25, 0.3) is 0 Å². The molecular formula is C24H48NO4. The highest BCUT2D eigenvalue weighted by atomic mass is 16.5. The zero-order valence-corrected chi connectivity index (χ0v) is 20.5. The maximum Gasteiger partial charge on any atom is 0.0615 e. The fraction of sp³-hybridized carbons (Fsp3) is 1.00. The Morgan fingerprint density at radius 2 is 1.38 bits per heavy atom. The highest BCUT2D eigenvalue weighted by molar-refractivity contribution is 4.96. The zero-order valence-electron chi connectivity index (χ0n) is 20.5. The maximum atomic E-state index is 12.5. The second-order valence-corrected chi connectivity index (χ2v) is 10.2. The van der Waals surface area contributed by atoms with Crippen molar-refractivity contribution in [2.45, 2.75) is 142 Å². The lowest BCUT2D eigenvalue weighted by molar-refractivity contribution is -0.303. The van der Waals surface area contributed by atoms with Crippen LogP contribution in [0.15, 0.2) is 0 Å². The van der Waals surface area contributed by atoms with Crippen molar-refractivity contribution in [1.29, 1.82) is 0 Å². The third-order valence-electron chi connectivity index (χ3n) is 6.16. The van der Waals surface area contributed by atoms with Crippen LogP contribution in [0.1, 0.15) is 107 Å². The Hall–Kier alpha value is -0.200. The average molecular weight is 415 g/mol. The van der Waals surface area contributed by atoms with Gasteiger partial charge < -0.3 is 14.2 Å². The van der Waals surface area contributed by atoms with Gasteiger partial charge in [0.05, 0.1) is 24.4 Å². The van der Waals surface area contributed by atoms with E-state index in [1.807, 2.05) is 27.7 Å². The van der Waals surface area contributed by atoms with Gasteiger partial charge in [-0.3, -0.25) is 0 Å². The van der Waals surface area contributed by atoms with Gasteiger partial charge in [-0.15, -0.1) is 10.3 Å². The van der Waals surface area contributed by atoms with Crippen LogP contribution in [-0.4, -0.2) is 53.8 Å². The SMILES string of the molecule is CCC(C)OCCCCCOC(C)CC(CC)OC1CC(C)(C)N([O])C(C)(C)C1. The quantitative estimate of drug-likeness (QED) is 0.331. The van der Waals surface area contributed by atoms with Crippen molar-refractivity contribution in [2.75, 3.05) is 13.2 Å². The Morgan fingerprint density at radius 3 is 1.86 bits per heavy atom. The van der Waals surface area contributed by atoms with E-state index in [1.54, 1.807) is 0 Å². The largest absolute Gasteiger partial charge is 0.379 e. The molecule has 0 aromatic carbocycles. The van der Waals surface area contributed by atoms with Crippen molar-refractivity contribution in [3.05, 3.63) is 0 Å². The third kappa shape index (κ3) is 9.65. The number of piperidine rings is 1. The second kappa shape index (κ2) is 12.6. The first-order chi connectivity index (χ1) is 13.5. The minimum absolute atomic E-state index is 0.132. The average Bonchev–Trinajstić information content (AvgIpc) is 2.63. The maximum absolute atomic E-state index is 12.5. The summed E-state index contributed by atoms with van der Waals surface area (Å²) >= 11 is 0. The number of nitrogens with zero attached hydrogens (tertiary/aromatic N) is 1. The topological polar surface area (TPSA) is 50.8 Å². The molecule has 0 bridgehead atoms. The van der Waals surface area contributed by atoms with Gasteiger partial charge in [0.1, 0.15) is 0 Å².